The second kappa shape index (κ2) is 7.11. The molecule has 2 amide bonds. The number of halogens is 3. The molecule has 0 saturated carbocycles. The van der Waals surface area contributed by atoms with Crippen molar-refractivity contribution in [3.8, 4) is 0 Å². The zero-order valence-corrected chi connectivity index (χ0v) is 15.3. The van der Waals surface area contributed by atoms with Gasteiger partial charge in [-0.05, 0) is 53.7 Å². The van der Waals surface area contributed by atoms with Crippen LogP contribution in [0.4, 0.5) is 29.3 Å². The summed E-state index contributed by atoms with van der Waals surface area (Å²) in [5.74, 6) is -0.638. The predicted molar refractivity (Wildman–Crippen MR) is 101 cm³/mol. The van der Waals surface area contributed by atoms with Gasteiger partial charge in [-0.3, -0.25) is 9.59 Å². The molecule has 1 fully saturated rings. The first-order chi connectivity index (χ1) is 12.7. The van der Waals surface area contributed by atoms with Crippen LogP contribution in [0.2, 0.25) is 0 Å². The number of carbonyl (C=O) groups excluding carboxylic acids is 2. The van der Waals surface area contributed by atoms with Crippen LogP contribution in [0.15, 0.2) is 53.4 Å². The molecule has 0 unspecified atom stereocenters. The van der Waals surface area contributed by atoms with Crippen LogP contribution < -0.4 is 9.80 Å². The Bertz CT molecular complexity index is 921. The van der Waals surface area contributed by atoms with Gasteiger partial charge in [-0.2, -0.15) is 13.2 Å². The van der Waals surface area contributed by atoms with Crippen LogP contribution in [-0.2, 0) is 11.0 Å². The molecular formula is C19H15F3N2O2S. The van der Waals surface area contributed by atoms with Crippen molar-refractivity contribution in [1.29, 1.82) is 0 Å². The van der Waals surface area contributed by atoms with Crippen LogP contribution in [0.5, 0.6) is 0 Å². The number of thioether (sulfide) groups is 1. The first-order valence-electron chi connectivity index (χ1n) is 7.89. The van der Waals surface area contributed by atoms with Crippen LogP contribution >= 0.6 is 11.8 Å². The summed E-state index contributed by atoms with van der Waals surface area (Å²) in [6.45, 7) is 0. The molecule has 1 saturated heterocycles. The molecule has 0 radical (unpaired) electrons. The van der Waals surface area contributed by atoms with Crippen molar-refractivity contribution in [2.75, 3.05) is 23.9 Å². The molecule has 8 heteroatoms. The molecule has 3 rings (SSSR count). The van der Waals surface area contributed by atoms with E-state index in [0.717, 1.165) is 28.3 Å². The van der Waals surface area contributed by atoms with Gasteiger partial charge in [0, 0.05) is 19.8 Å². The molecular weight excluding hydrogens is 377 g/mol. The number of alkyl halides is 3. The summed E-state index contributed by atoms with van der Waals surface area (Å²) in [5.41, 5.74) is 0.681. The van der Waals surface area contributed by atoms with E-state index in [1.165, 1.54) is 12.1 Å². The fourth-order valence-corrected chi connectivity index (χ4v) is 3.37. The van der Waals surface area contributed by atoms with Crippen LogP contribution in [0.1, 0.15) is 11.1 Å². The summed E-state index contributed by atoms with van der Waals surface area (Å²) in [7, 11) is 3.80. The summed E-state index contributed by atoms with van der Waals surface area (Å²) < 4.78 is 38.7. The molecule has 0 aromatic heterocycles. The Morgan fingerprint density at radius 1 is 1.04 bits per heavy atom. The topological polar surface area (TPSA) is 40.6 Å². The van der Waals surface area contributed by atoms with Crippen LogP contribution in [0, 0.1) is 0 Å². The maximum absolute atomic E-state index is 12.9. The summed E-state index contributed by atoms with van der Waals surface area (Å²) in [4.78, 5) is 27.7. The van der Waals surface area contributed by atoms with E-state index in [1.54, 1.807) is 18.2 Å². The molecule has 140 valence electrons. The van der Waals surface area contributed by atoms with Crippen LogP contribution in [0.3, 0.4) is 0 Å². The average Bonchev–Trinajstić information content (AvgIpc) is 2.88. The third-order valence-corrected chi connectivity index (χ3v) is 4.80. The van der Waals surface area contributed by atoms with E-state index >= 15 is 0 Å². The second-order valence-corrected chi connectivity index (χ2v) is 7.04. The van der Waals surface area contributed by atoms with E-state index in [0.29, 0.717) is 11.8 Å². The number of benzene rings is 2. The SMILES string of the molecule is CN(C)c1ccc(/C=C2\SC(=O)N(c3cccc(C(F)(F)F)c3)C2=O)cc1. The lowest BCUT2D eigenvalue weighted by Crippen LogP contribution is -2.28. The fraction of sp³-hybridized carbons (Fsp3) is 0.158. The highest BCUT2D eigenvalue weighted by Crippen LogP contribution is 2.38. The summed E-state index contributed by atoms with van der Waals surface area (Å²) in [5, 5.41) is -0.629. The number of hydrogen-bond donors (Lipinski definition) is 0. The number of hydrogen-bond acceptors (Lipinski definition) is 4. The van der Waals surface area contributed by atoms with E-state index in [2.05, 4.69) is 0 Å². The van der Waals surface area contributed by atoms with E-state index in [9.17, 15) is 22.8 Å². The molecule has 2 aromatic rings. The van der Waals surface area contributed by atoms with Gasteiger partial charge in [0.1, 0.15) is 0 Å². The van der Waals surface area contributed by atoms with Crippen molar-refractivity contribution in [3.05, 3.63) is 64.6 Å². The van der Waals surface area contributed by atoms with Gasteiger partial charge >= 0.3 is 6.18 Å². The van der Waals surface area contributed by atoms with Crippen molar-refractivity contribution in [2.45, 2.75) is 6.18 Å². The number of nitrogens with zero attached hydrogens (tertiary/aromatic N) is 2. The molecule has 2 aromatic carbocycles. The van der Waals surface area contributed by atoms with E-state index in [4.69, 9.17) is 0 Å². The number of amides is 2. The van der Waals surface area contributed by atoms with Crippen molar-refractivity contribution >= 4 is 40.4 Å². The Hall–Kier alpha value is -2.74. The highest BCUT2D eigenvalue weighted by atomic mass is 32.2. The standard InChI is InChI=1S/C19H15F3N2O2S/c1-23(2)14-8-6-12(7-9-14)10-16-17(25)24(18(26)27-16)15-5-3-4-13(11-15)19(20,21)22/h3-11H,1-2H3/b16-10-. The second-order valence-electron chi connectivity index (χ2n) is 6.05. The van der Waals surface area contributed by atoms with Gasteiger partial charge in [0.15, 0.2) is 0 Å². The number of carbonyl (C=O) groups is 2. The Morgan fingerprint density at radius 3 is 2.30 bits per heavy atom. The van der Waals surface area contributed by atoms with Crippen molar-refractivity contribution in [2.24, 2.45) is 0 Å². The molecule has 27 heavy (non-hydrogen) atoms. The van der Waals surface area contributed by atoms with Crippen LogP contribution in [-0.4, -0.2) is 25.2 Å². The zero-order valence-electron chi connectivity index (χ0n) is 14.4. The highest BCUT2D eigenvalue weighted by Gasteiger charge is 2.38. The van der Waals surface area contributed by atoms with E-state index in [-0.39, 0.29) is 10.6 Å². The molecule has 1 aliphatic heterocycles. The molecule has 1 heterocycles. The molecule has 4 nitrogen and oxygen atoms in total. The van der Waals surface area contributed by atoms with Gasteiger partial charge in [0.25, 0.3) is 11.1 Å². The van der Waals surface area contributed by atoms with Gasteiger partial charge in [0.05, 0.1) is 16.2 Å². The normalized spacial score (nSPS) is 16.3. The van der Waals surface area contributed by atoms with E-state index in [1.807, 2.05) is 31.1 Å². The first kappa shape index (κ1) is 19.0. The zero-order chi connectivity index (χ0) is 19.8. The van der Waals surface area contributed by atoms with Gasteiger partial charge in [-0.25, -0.2) is 4.90 Å². The Morgan fingerprint density at radius 2 is 1.70 bits per heavy atom. The summed E-state index contributed by atoms with van der Waals surface area (Å²) >= 11 is 0.702. The lowest BCUT2D eigenvalue weighted by atomic mass is 10.1. The van der Waals surface area contributed by atoms with Crippen LogP contribution in [0.25, 0.3) is 6.08 Å². The molecule has 0 bridgehead atoms. The lowest BCUT2D eigenvalue weighted by molar-refractivity contribution is -0.137. The van der Waals surface area contributed by atoms with Gasteiger partial charge in [0.2, 0.25) is 0 Å². The quantitative estimate of drug-likeness (QED) is 0.689. The molecule has 0 spiro atoms. The minimum Gasteiger partial charge on any atom is -0.378 e. The first-order valence-corrected chi connectivity index (χ1v) is 8.71. The van der Waals surface area contributed by atoms with Crippen molar-refractivity contribution in [1.82, 2.24) is 0 Å². The van der Waals surface area contributed by atoms with Crippen molar-refractivity contribution < 1.29 is 22.8 Å². The van der Waals surface area contributed by atoms with E-state index < -0.39 is 22.9 Å². The minimum atomic E-state index is -4.55. The summed E-state index contributed by atoms with van der Waals surface area (Å²) in [6, 6.07) is 11.5. The lowest BCUT2D eigenvalue weighted by Gasteiger charge is -2.15. The van der Waals surface area contributed by atoms with Gasteiger partial charge in [-0.15, -0.1) is 0 Å². The van der Waals surface area contributed by atoms with Crippen molar-refractivity contribution in [3.63, 3.8) is 0 Å². The third-order valence-electron chi connectivity index (χ3n) is 3.93. The molecule has 1 aliphatic rings. The molecule has 0 N–H and O–H groups in total. The number of imide groups is 1. The highest BCUT2D eigenvalue weighted by molar-refractivity contribution is 8.19. The molecule has 0 aliphatic carbocycles. The van der Waals surface area contributed by atoms with Gasteiger partial charge in [-0.1, -0.05) is 18.2 Å². The summed E-state index contributed by atoms with van der Waals surface area (Å²) in [6.07, 6.45) is -3.00. The number of rotatable bonds is 3. The smallest absolute Gasteiger partial charge is 0.378 e. The Labute approximate surface area is 158 Å². The maximum atomic E-state index is 12.9. The third kappa shape index (κ3) is 4.00. The minimum absolute atomic E-state index is 0.0984. The predicted octanol–water partition coefficient (Wildman–Crippen LogP) is 5.01. The fourth-order valence-electron chi connectivity index (χ4n) is 2.53. The largest absolute Gasteiger partial charge is 0.416 e. The Kier molecular flexibility index (Phi) is 5.01. The molecule has 0 atom stereocenters. The van der Waals surface area contributed by atoms with Gasteiger partial charge < -0.3 is 4.90 Å². The monoisotopic (exact) mass is 392 g/mol. The Balaban J connectivity index is 1.89. The number of anilines is 2. The average molecular weight is 392 g/mol. The maximum Gasteiger partial charge on any atom is 0.416 e.